The second kappa shape index (κ2) is 8.65. The van der Waals surface area contributed by atoms with Gasteiger partial charge in [-0.15, -0.1) is 0 Å². The monoisotopic (exact) mass is 495 g/mol. The molecule has 2 aromatic carbocycles. The van der Waals surface area contributed by atoms with Crippen LogP contribution in [0.15, 0.2) is 52.3 Å². The summed E-state index contributed by atoms with van der Waals surface area (Å²) in [6.07, 6.45) is 1.98. The van der Waals surface area contributed by atoms with E-state index in [1.807, 2.05) is 13.8 Å². The average molecular weight is 496 g/mol. The highest BCUT2D eigenvalue weighted by atomic mass is 35.5. The second-order valence-electron chi connectivity index (χ2n) is 7.14. The third-order valence-electron chi connectivity index (χ3n) is 4.81. The molecule has 1 aliphatic rings. The third-order valence-corrected chi connectivity index (χ3v) is 6.94. The number of rotatable bonds is 6. The van der Waals surface area contributed by atoms with Gasteiger partial charge >= 0.3 is 0 Å². The highest BCUT2D eigenvalue weighted by molar-refractivity contribution is 7.92. The van der Waals surface area contributed by atoms with Crippen LogP contribution in [0.25, 0.3) is 5.69 Å². The molecule has 0 bridgehead atoms. The van der Waals surface area contributed by atoms with Crippen LogP contribution in [0.3, 0.4) is 0 Å². The fourth-order valence-electron chi connectivity index (χ4n) is 3.36. The van der Waals surface area contributed by atoms with Crippen molar-refractivity contribution in [2.24, 2.45) is 0 Å². The number of nitrogens with zero attached hydrogens (tertiary/aromatic N) is 2. The Labute approximate surface area is 194 Å². The summed E-state index contributed by atoms with van der Waals surface area (Å²) < 4.78 is 41.0. The minimum atomic E-state index is -3.95. The zero-order chi connectivity index (χ0) is 23.0. The molecule has 0 spiro atoms. The number of aromatic nitrogens is 2. The largest absolute Gasteiger partial charge is 0.492 e. The number of benzene rings is 2. The van der Waals surface area contributed by atoms with Gasteiger partial charge in [-0.3, -0.25) is 9.52 Å². The second-order valence-corrected chi connectivity index (χ2v) is 9.61. The summed E-state index contributed by atoms with van der Waals surface area (Å²) in [4.78, 5) is 12.2. The Bertz CT molecular complexity index is 1340. The van der Waals surface area contributed by atoms with Crippen LogP contribution in [0.4, 0.5) is 5.69 Å². The van der Waals surface area contributed by atoms with Gasteiger partial charge in [0.1, 0.15) is 22.6 Å². The van der Waals surface area contributed by atoms with Crippen molar-refractivity contribution in [1.82, 2.24) is 9.78 Å². The molecule has 1 aliphatic heterocycles. The van der Waals surface area contributed by atoms with Crippen molar-refractivity contribution in [2.75, 3.05) is 11.3 Å². The third kappa shape index (κ3) is 4.28. The smallest absolute Gasteiger partial charge is 0.291 e. The minimum absolute atomic E-state index is 0.00778. The average Bonchev–Trinajstić information content (AvgIpc) is 3.11. The molecule has 168 valence electrons. The van der Waals surface area contributed by atoms with Gasteiger partial charge in [-0.2, -0.15) is 9.78 Å². The van der Waals surface area contributed by atoms with Gasteiger partial charge in [-0.25, -0.2) is 8.42 Å². The molecule has 0 amide bonds. The zero-order valence-electron chi connectivity index (χ0n) is 17.1. The van der Waals surface area contributed by atoms with Crippen molar-refractivity contribution in [2.45, 2.75) is 31.3 Å². The van der Waals surface area contributed by atoms with Crippen molar-refractivity contribution in [1.29, 1.82) is 0 Å². The Morgan fingerprint density at radius 3 is 2.66 bits per heavy atom. The SMILES string of the molecule is CCOc1cc2c(cc1NS(=O)(=O)c1ccc(-n3ncc(Cl)c(Cl)c3=O)cc1)O[C@@H](C)C2. The Morgan fingerprint density at radius 1 is 1.25 bits per heavy atom. The van der Waals surface area contributed by atoms with Gasteiger partial charge in [0.25, 0.3) is 15.6 Å². The predicted molar refractivity (Wildman–Crippen MR) is 122 cm³/mol. The van der Waals surface area contributed by atoms with Crippen LogP contribution in [0.1, 0.15) is 19.4 Å². The summed E-state index contributed by atoms with van der Waals surface area (Å²) in [5.41, 5.74) is 0.975. The van der Waals surface area contributed by atoms with E-state index in [2.05, 4.69) is 9.82 Å². The molecule has 0 aliphatic carbocycles. The van der Waals surface area contributed by atoms with E-state index in [9.17, 15) is 13.2 Å². The number of anilines is 1. The lowest BCUT2D eigenvalue weighted by Crippen LogP contribution is -2.21. The number of halogens is 2. The van der Waals surface area contributed by atoms with Gasteiger partial charge < -0.3 is 9.47 Å². The lowest BCUT2D eigenvalue weighted by Gasteiger charge is -2.15. The molecule has 11 heteroatoms. The van der Waals surface area contributed by atoms with E-state index in [-0.39, 0.29) is 26.7 Å². The summed E-state index contributed by atoms with van der Waals surface area (Å²) in [7, 11) is -3.95. The Balaban J connectivity index is 1.65. The number of sulfonamides is 1. The first-order chi connectivity index (χ1) is 15.2. The number of ether oxygens (including phenoxy) is 2. The molecule has 4 rings (SSSR count). The van der Waals surface area contributed by atoms with E-state index in [1.54, 1.807) is 12.1 Å². The molecule has 0 fully saturated rings. The Morgan fingerprint density at radius 2 is 1.97 bits per heavy atom. The fraction of sp³-hybridized carbons (Fsp3) is 0.238. The minimum Gasteiger partial charge on any atom is -0.492 e. The lowest BCUT2D eigenvalue weighted by atomic mass is 10.1. The van der Waals surface area contributed by atoms with Crippen molar-refractivity contribution in [3.05, 3.63) is 68.6 Å². The molecule has 0 saturated heterocycles. The van der Waals surface area contributed by atoms with Crippen LogP contribution in [0.2, 0.25) is 10.0 Å². The molecule has 1 atom stereocenters. The first kappa shape index (κ1) is 22.4. The van der Waals surface area contributed by atoms with Crippen LogP contribution >= 0.6 is 23.2 Å². The zero-order valence-corrected chi connectivity index (χ0v) is 19.5. The number of nitrogens with one attached hydrogen (secondary N) is 1. The van der Waals surface area contributed by atoms with Crippen molar-refractivity contribution in [3.63, 3.8) is 0 Å². The maximum atomic E-state index is 13.0. The van der Waals surface area contributed by atoms with Crippen LogP contribution in [-0.2, 0) is 16.4 Å². The van der Waals surface area contributed by atoms with E-state index in [4.69, 9.17) is 32.7 Å². The summed E-state index contributed by atoms with van der Waals surface area (Å²) in [5, 5.41) is 3.80. The van der Waals surface area contributed by atoms with E-state index in [0.717, 1.165) is 16.7 Å². The normalized spacial score (nSPS) is 15.2. The molecule has 3 aromatic rings. The van der Waals surface area contributed by atoms with E-state index in [1.165, 1.54) is 30.5 Å². The summed E-state index contributed by atoms with van der Waals surface area (Å²) >= 11 is 11.7. The molecule has 0 saturated carbocycles. The number of fused-ring (bicyclic) bond motifs is 1. The van der Waals surface area contributed by atoms with E-state index >= 15 is 0 Å². The van der Waals surface area contributed by atoms with Crippen LogP contribution in [-0.4, -0.2) is 30.9 Å². The number of hydrogen-bond donors (Lipinski definition) is 1. The molecule has 1 aromatic heterocycles. The lowest BCUT2D eigenvalue weighted by molar-refractivity contribution is 0.254. The van der Waals surface area contributed by atoms with Crippen molar-refractivity contribution >= 4 is 38.9 Å². The van der Waals surface area contributed by atoms with E-state index < -0.39 is 15.6 Å². The van der Waals surface area contributed by atoms with Crippen LogP contribution in [0, 0.1) is 0 Å². The Hall–Kier alpha value is -2.75. The summed E-state index contributed by atoms with van der Waals surface area (Å²) in [5.74, 6) is 1.05. The molecular weight excluding hydrogens is 477 g/mol. The fourth-order valence-corrected chi connectivity index (χ4v) is 4.68. The molecule has 0 radical (unpaired) electrons. The quantitative estimate of drug-likeness (QED) is 0.553. The van der Waals surface area contributed by atoms with E-state index in [0.29, 0.717) is 23.8 Å². The highest BCUT2D eigenvalue weighted by Gasteiger charge is 2.24. The molecule has 8 nitrogen and oxygen atoms in total. The summed E-state index contributed by atoms with van der Waals surface area (Å²) in [6, 6.07) is 9.05. The standard InChI is InChI=1S/C21H19Cl2N3O5S/c1-3-30-19-9-13-8-12(2)31-18(13)10-17(19)25-32(28,29)15-6-4-14(5-7-15)26-21(27)20(23)16(22)11-24-26/h4-7,9-12,25H,3,8H2,1-2H3/t12-/m0/s1. The van der Waals surface area contributed by atoms with Crippen LogP contribution in [0.5, 0.6) is 11.5 Å². The maximum Gasteiger partial charge on any atom is 0.291 e. The maximum absolute atomic E-state index is 13.0. The molecular formula is C21H19Cl2N3O5S. The molecule has 32 heavy (non-hydrogen) atoms. The highest BCUT2D eigenvalue weighted by Crippen LogP contribution is 2.39. The topological polar surface area (TPSA) is 99.5 Å². The molecule has 1 N–H and O–H groups in total. The first-order valence-electron chi connectivity index (χ1n) is 9.72. The number of hydrogen-bond acceptors (Lipinski definition) is 6. The van der Waals surface area contributed by atoms with Crippen molar-refractivity contribution in [3.8, 4) is 17.2 Å². The Kier molecular flexibility index (Phi) is 6.07. The van der Waals surface area contributed by atoms with Gasteiger partial charge in [-0.05, 0) is 44.2 Å². The van der Waals surface area contributed by atoms with Gasteiger partial charge in [0, 0.05) is 18.1 Å². The molecule has 0 unspecified atom stereocenters. The summed E-state index contributed by atoms with van der Waals surface area (Å²) in [6.45, 7) is 4.15. The molecule has 2 heterocycles. The predicted octanol–water partition coefficient (Wildman–Crippen LogP) is 4.06. The van der Waals surface area contributed by atoms with Crippen molar-refractivity contribution < 1.29 is 17.9 Å². The van der Waals surface area contributed by atoms with Gasteiger partial charge in [-0.1, -0.05) is 23.2 Å². The van der Waals surface area contributed by atoms with Gasteiger partial charge in [0.15, 0.2) is 0 Å². The first-order valence-corrected chi connectivity index (χ1v) is 12.0. The van der Waals surface area contributed by atoms with Gasteiger partial charge in [0.05, 0.1) is 34.1 Å². The van der Waals surface area contributed by atoms with Gasteiger partial charge in [0.2, 0.25) is 0 Å². The van der Waals surface area contributed by atoms with Crippen LogP contribution < -0.4 is 19.8 Å².